The second kappa shape index (κ2) is 7.33. The molecule has 4 aliphatic carbocycles. The zero-order valence-electron chi connectivity index (χ0n) is 15.5. The topological polar surface area (TPSA) is 81.7 Å². The Morgan fingerprint density at radius 2 is 1.41 bits per heavy atom. The van der Waals surface area contributed by atoms with Crippen LogP contribution >= 0.6 is 0 Å². The highest BCUT2D eigenvalue weighted by Crippen LogP contribution is 2.53. The minimum absolute atomic E-state index is 0.230. The van der Waals surface area contributed by atoms with Crippen molar-refractivity contribution in [1.29, 1.82) is 0 Å². The fourth-order valence-corrected chi connectivity index (χ4v) is 5.46. The van der Waals surface area contributed by atoms with Crippen LogP contribution in [-0.4, -0.2) is 37.6 Å². The van der Waals surface area contributed by atoms with Crippen LogP contribution in [0.4, 0.5) is 0 Å². The Balaban J connectivity index is 1.28. The molecule has 0 aromatic heterocycles. The minimum atomic E-state index is -0.577. The van der Waals surface area contributed by atoms with Crippen LogP contribution < -0.4 is 5.32 Å². The maximum absolute atomic E-state index is 12.3. The maximum atomic E-state index is 12.3. The average Bonchev–Trinajstić information content (AvgIpc) is 2.68. The molecule has 0 unspecified atom stereocenters. The van der Waals surface area contributed by atoms with E-state index in [1.807, 2.05) is 0 Å². The van der Waals surface area contributed by atoms with Crippen LogP contribution in [0.3, 0.4) is 0 Å². The second-order valence-corrected chi connectivity index (χ2v) is 8.17. The van der Waals surface area contributed by atoms with Crippen LogP contribution in [0.2, 0.25) is 0 Å². The lowest BCUT2D eigenvalue weighted by atomic mass is 9.54. The van der Waals surface area contributed by atoms with Crippen LogP contribution in [0.1, 0.15) is 52.8 Å². The Labute approximate surface area is 158 Å². The molecule has 4 bridgehead atoms. The molecule has 1 aromatic carbocycles. The van der Waals surface area contributed by atoms with E-state index in [2.05, 4.69) is 10.1 Å². The predicted molar refractivity (Wildman–Crippen MR) is 97.0 cm³/mol. The number of rotatable bonds is 5. The first-order valence-electron chi connectivity index (χ1n) is 9.68. The molecule has 0 atom stereocenters. The molecule has 0 heterocycles. The molecule has 5 rings (SSSR count). The zero-order chi connectivity index (χ0) is 19.0. The first-order chi connectivity index (χ1) is 13.0. The van der Waals surface area contributed by atoms with Crippen molar-refractivity contribution in [1.82, 2.24) is 5.32 Å². The molecule has 0 spiro atoms. The fourth-order valence-electron chi connectivity index (χ4n) is 5.46. The number of nitrogens with one attached hydrogen (secondary N) is 1. The maximum Gasteiger partial charge on any atom is 0.338 e. The van der Waals surface area contributed by atoms with Crippen molar-refractivity contribution >= 4 is 17.8 Å². The number of carbonyl (C=O) groups excluding carboxylic acids is 3. The summed E-state index contributed by atoms with van der Waals surface area (Å²) in [6.45, 7) is -0.277. The third kappa shape index (κ3) is 3.70. The van der Waals surface area contributed by atoms with E-state index in [4.69, 9.17) is 4.74 Å². The highest BCUT2D eigenvalue weighted by atomic mass is 16.5. The number of benzene rings is 1. The number of ether oxygens (including phenoxy) is 2. The molecule has 0 saturated heterocycles. The van der Waals surface area contributed by atoms with Crippen molar-refractivity contribution in [2.75, 3.05) is 13.7 Å². The SMILES string of the molecule is COC(=O)c1ccc(C(=O)OCC(=O)NC2C3CC4CC(C3)CC2C4)cc1. The standard InChI is InChI=1S/C21H25NO5/c1-26-20(24)14-2-4-15(5-3-14)21(25)27-11-18(23)22-19-16-7-12-6-13(9-16)10-17(19)8-12/h2-5,12-13,16-17,19H,6-11H2,1H3,(H,22,23). The van der Waals surface area contributed by atoms with Gasteiger partial charge in [-0.1, -0.05) is 0 Å². The van der Waals surface area contributed by atoms with Crippen LogP contribution in [0.15, 0.2) is 24.3 Å². The molecule has 0 radical (unpaired) electrons. The average molecular weight is 371 g/mol. The molecular weight excluding hydrogens is 346 g/mol. The lowest BCUT2D eigenvalue weighted by molar-refractivity contribution is -0.128. The summed E-state index contributed by atoms with van der Waals surface area (Å²) in [6.07, 6.45) is 6.28. The molecule has 1 N–H and O–H groups in total. The number of methoxy groups -OCH3 is 1. The van der Waals surface area contributed by atoms with Gasteiger partial charge in [0, 0.05) is 6.04 Å². The molecule has 1 amide bonds. The molecule has 6 heteroatoms. The van der Waals surface area contributed by atoms with Crippen molar-refractivity contribution < 1.29 is 23.9 Å². The number of esters is 2. The van der Waals surface area contributed by atoms with E-state index in [0.717, 1.165) is 11.8 Å². The van der Waals surface area contributed by atoms with Gasteiger partial charge in [0.05, 0.1) is 18.2 Å². The summed E-state index contributed by atoms with van der Waals surface area (Å²) < 4.78 is 9.76. The van der Waals surface area contributed by atoms with Gasteiger partial charge in [-0.2, -0.15) is 0 Å². The van der Waals surface area contributed by atoms with E-state index in [1.54, 1.807) is 0 Å². The van der Waals surface area contributed by atoms with Gasteiger partial charge < -0.3 is 14.8 Å². The van der Waals surface area contributed by atoms with Crippen molar-refractivity contribution in [3.05, 3.63) is 35.4 Å². The lowest BCUT2D eigenvalue weighted by Gasteiger charge is -2.54. The van der Waals surface area contributed by atoms with Gasteiger partial charge in [0.15, 0.2) is 6.61 Å². The highest BCUT2D eigenvalue weighted by Gasteiger charge is 2.48. The van der Waals surface area contributed by atoms with Gasteiger partial charge in [0.25, 0.3) is 5.91 Å². The summed E-state index contributed by atoms with van der Waals surface area (Å²) >= 11 is 0. The first-order valence-corrected chi connectivity index (χ1v) is 9.68. The summed E-state index contributed by atoms with van der Waals surface area (Å²) in [4.78, 5) is 35.8. The van der Waals surface area contributed by atoms with Crippen molar-refractivity contribution in [3.8, 4) is 0 Å². The largest absolute Gasteiger partial charge is 0.465 e. The number of amides is 1. The zero-order valence-corrected chi connectivity index (χ0v) is 15.5. The van der Waals surface area contributed by atoms with Gasteiger partial charge >= 0.3 is 11.9 Å². The smallest absolute Gasteiger partial charge is 0.338 e. The summed E-state index contributed by atoms with van der Waals surface area (Å²) in [7, 11) is 1.30. The predicted octanol–water partition coefficient (Wildman–Crippen LogP) is 2.57. The molecule has 1 aromatic rings. The molecule has 4 saturated carbocycles. The summed E-state index contributed by atoms with van der Waals surface area (Å²) in [5, 5.41) is 3.12. The van der Waals surface area contributed by atoms with E-state index in [-0.39, 0.29) is 18.6 Å². The Morgan fingerprint density at radius 3 is 1.93 bits per heavy atom. The Hall–Kier alpha value is -2.37. The van der Waals surface area contributed by atoms with Crippen LogP contribution in [0, 0.1) is 23.7 Å². The molecule has 144 valence electrons. The van der Waals surface area contributed by atoms with Crippen molar-refractivity contribution in [2.45, 2.75) is 38.1 Å². The molecule has 0 aliphatic heterocycles. The van der Waals surface area contributed by atoms with Crippen LogP contribution in [0.25, 0.3) is 0 Å². The van der Waals surface area contributed by atoms with Crippen LogP contribution in [-0.2, 0) is 14.3 Å². The lowest BCUT2D eigenvalue weighted by Crippen LogP contribution is -2.56. The summed E-state index contributed by atoms with van der Waals surface area (Å²) in [5.74, 6) is 1.61. The molecule has 4 aliphatic rings. The summed E-state index contributed by atoms with van der Waals surface area (Å²) in [6, 6.07) is 6.21. The number of hydrogen-bond acceptors (Lipinski definition) is 5. The van der Waals surface area contributed by atoms with E-state index in [0.29, 0.717) is 23.0 Å². The van der Waals surface area contributed by atoms with E-state index >= 15 is 0 Å². The Morgan fingerprint density at radius 1 is 0.889 bits per heavy atom. The van der Waals surface area contributed by atoms with E-state index in [1.165, 1.54) is 63.5 Å². The normalized spacial score (nSPS) is 30.6. The van der Waals surface area contributed by atoms with Crippen molar-refractivity contribution in [2.24, 2.45) is 23.7 Å². The van der Waals surface area contributed by atoms with Crippen molar-refractivity contribution in [3.63, 3.8) is 0 Å². The number of hydrogen-bond donors (Lipinski definition) is 1. The number of carbonyl (C=O) groups is 3. The van der Waals surface area contributed by atoms with Gasteiger partial charge in [-0.3, -0.25) is 4.79 Å². The van der Waals surface area contributed by atoms with Gasteiger partial charge in [0.1, 0.15) is 0 Å². The quantitative estimate of drug-likeness (QED) is 0.805. The van der Waals surface area contributed by atoms with Gasteiger partial charge in [-0.25, -0.2) is 9.59 Å². The molecular formula is C21H25NO5. The van der Waals surface area contributed by atoms with Crippen LogP contribution in [0.5, 0.6) is 0 Å². The monoisotopic (exact) mass is 371 g/mol. The van der Waals surface area contributed by atoms with E-state index in [9.17, 15) is 14.4 Å². The van der Waals surface area contributed by atoms with Gasteiger partial charge in [-0.05, 0) is 80.0 Å². The third-order valence-electron chi connectivity index (χ3n) is 6.43. The second-order valence-electron chi connectivity index (χ2n) is 8.17. The molecule has 6 nitrogen and oxygen atoms in total. The Bertz CT molecular complexity index is 713. The first kappa shape index (κ1) is 18.0. The molecule has 4 fully saturated rings. The minimum Gasteiger partial charge on any atom is -0.465 e. The highest BCUT2D eigenvalue weighted by molar-refractivity contribution is 5.94. The fraction of sp³-hybridized carbons (Fsp3) is 0.571. The Kier molecular flexibility index (Phi) is 4.89. The van der Waals surface area contributed by atoms with Gasteiger partial charge in [-0.15, -0.1) is 0 Å². The van der Waals surface area contributed by atoms with E-state index < -0.39 is 11.9 Å². The summed E-state index contributed by atoms with van der Waals surface area (Å²) in [5.41, 5.74) is 0.652. The third-order valence-corrected chi connectivity index (χ3v) is 6.43. The molecule has 27 heavy (non-hydrogen) atoms. The van der Waals surface area contributed by atoms with Gasteiger partial charge in [0.2, 0.25) is 0 Å².